The van der Waals surface area contributed by atoms with Crippen LogP contribution in [-0.2, 0) is 28.6 Å². The number of hydrogen-bond donors (Lipinski definition) is 1. The Labute approximate surface area is 330 Å². The van der Waals surface area contributed by atoms with E-state index in [0.29, 0.717) is 19.3 Å². The molecule has 0 rings (SSSR count). The maximum absolute atomic E-state index is 12.7. The zero-order valence-electron chi connectivity index (χ0n) is 34.9. The fourth-order valence-electron chi connectivity index (χ4n) is 5.77. The van der Waals surface area contributed by atoms with Crippen molar-refractivity contribution in [1.82, 2.24) is 0 Å². The standard InChI is InChI=1S/C46H77NO7/c1-6-8-10-12-14-16-18-20-21-22-23-25-27-29-31-33-35-37-45(49)54-42(40-52-39-38-43(46(50)51)47(3,4)5)41-53-44(48)36-34-32-30-28-26-24-19-17-15-13-11-9-7-2/h8,10,12,14,16,18,20-23,25,27,42-43H,6-7,9,11,13,15,17,19,24,26,28-41H2,1-5H3/p+1/b10-8+,14-12+,18-16+,21-20+,23-22+,27-25+. The van der Waals surface area contributed by atoms with E-state index in [1.54, 1.807) is 0 Å². The summed E-state index contributed by atoms with van der Waals surface area (Å²) in [7, 11) is 5.50. The number of carbonyl (C=O) groups is 3. The van der Waals surface area contributed by atoms with Gasteiger partial charge in [-0.3, -0.25) is 9.59 Å². The highest BCUT2D eigenvalue weighted by Crippen LogP contribution is 2.14. The number of carboxylic acids is 1. The van der Waals surface area contributed by atoms with Crippen LogP contribution in [0.4, 0.5) is 0 Å². The van der Waals surface area contributed by atoms with Gasteiger partial charge in [0.2, 0.25) is 0 Å². The minimum Gasteiger partial charge on any atom is -0.477 e. The first-order valence-electron chi connectivity index (χ1n) is 21.1. The molecule has 54 heavy (non-hydrogen) atoms. The largest absolute Gasteiger partial charge is 0.477 e. The quantitative estimate of drug-likeness (QED) is 0.0294. The van der Waals surface area contributed by atoms with Gasteiger partial charge < -0.3 is 23.8 Å². The van der Waals surface area contributed by atoms with Gasteiger partial charge in [0.25, 0.3) is 0 Å². The molecule has 2 unspecified atom stereocenters. The molecule has 0 aromatic rings. The Morgan fingerprint density at radius 2 is 1.04 bits per heavy atom. The maximum Gasteiger partial charge on any atom is 0.362 e. The third kappa shape index (κ3) is 34.5. The Morgan fingerprint density at radius 1 is 0.574 bits per heavy atom. The lowest BCUT2D eigenvalue weighted by Gasteiger charge is -2.31. The molecular weight excluding hydrogens is 679 g/mol. The van der Waals surface area contributed by atoms with Crippen LogP contribution < -0.4 is 0 Å². The van der Waals surface area contributed by atoms with Crippen LogP contribution >= 0.6 is 0 Å². The molecule has 0 heterocycles. The number of carboxylic acid groups (broad SMARTS) is 1. The number of rotatable bonds is 36. The van der Waals surface area contributed by atoms with Crippen LogP contribution in [-0.4, -0.2) is 80.6 Å². The summed E-state index contributed by atoms with van der Waals surface area (Å²) in [4.78, 5) is 36.9. The molecule has 0 aromatic heterocycles. The van der Waals surface area contributed by atoms with Gasteiger partial charge in [-0.1, -0.05) is 170 Å². The highest BCUT2D eigenvalue weighted by molar-refractivity contribution is 5.72. The van der Waals surface area contributed by atoms with Crippen molar-refractivity contribution < 1.29 is 38.2 Å². The van der Waals surface area contributed by atoms with Crippen LogP contribution in [0.5, 0.6) is 0 Å². The van der Waals surface area contributed by atoms with Crippen molar-refractivity contribution in [1.29, 1.82) is 0 Å². The van der Waals surface area contributed by atoms with Gasteiger partial charge in [0.1, 0.15) is 6.61 Å². The van der Waals surface area contributed by atoms with Crippen molar-refractivity contribution in [2.75, 3.05) is 41.0 Å². The predicted octanol–water partition coefficient (Wildman–Crippen LogP) is 11.2. The van der Waals surface area contributed by atoms with Crippen LogP contribution in [0, 0.1) is 0 Å². The third-order valence-electron chi connectivity index (χ3n) is 9.03. The van der Waals surface area contributed by atoms with Gasteiger partial charge >= 0.3 is 17.9 Å². The van der Waals surface area contributed by atoms with Gasteiger partial charge in [0.15, 0.2) is 12.1 Å². The molecule has 0 spiro atoms. The summed E-state index contributed by atoms with van der Waals surface area (Å²) in [5, 5.41) is 9.60. The van der Waals surface area contributed by atoms with Gasteiger partial charge in [-0.15, -0.1) is 0 Å². The Kier molecular flexibility index (Phi) is 34.5. The average Bonchev–Trinajstić information content (AvgIpc) is 3.12. The van der Waals surface area contributed by atoms with E-state index in [2.05, 4.69) is 26.0 Å². The van der Waals surface area contributed by atoms with E-state index in [1.165, 1.54) is 64.2 Å². The summed E-state index contributed by atoms with van der Waals surface area (Å²) >= 11 is 0. The number of unbranched alkanes of at least 4 members (excludes halogenated alkanes) is 15. The van der Waals surface area contributed by atoms with Gasteiger partial charge in [0, 0.05) is 19.3 Å². The van der Waals surface area contributed by atoms with Crippen molar-refractivity contribution in [3.63, 3.8) is 0 Å². The fraction of sp³-hybridized carbons (Fsp3) is 0.674. The Morgan fingerprint density at radius 3 is 1.54 bits per heavy atom. The monoisotopic (exact) mass is 757 g/mol. The normalized spacial score (nSPS) is 13.7. The first-order chi connectivity index (χ1) is 26.1. The molecule has 0 amide bonds. The Hall–Kier alpha value is -3.23. The predicted molar refractivity (Wildman–Crippen MR) is 224 cm³/mol. The molecule has 308 valence electrons. The summed E-state index contributed by atoms with van der Waals surface area (Å²) in [6.45, 7) is 4.53. The summed E-state index contributed by atoms with van der Waals surface area (Å²) < 4.78 is 17.2. The molecular formula is C46H78NO7+. The van der Waals surface area contributed by atoms with Gasteiger partial charge in [-0.25, -0.2) is 4.79 Å². The number of carbonyl (C=O) groups excluding carboxylic acids is 2. The number of hydrogen-bond acceptors (Lipinski definition) is 6. The molecule has 0 radical (unpaired) electrons. The molecule has 8 heteroatoms. The first-order valence-corrected chi connectivity index (χ1v) is 21.1. The Balaban J connectivity index is 4.49. The highest BCUT2D eigenvalue weighted by Gasteiger charge is 2.31. The van der Waals surface area contributed by atoms with E-state index in [1.807, 2.05) is 81.9 Å². The molecule has 0 aliphatic heterocycles. The third-order valence-corrected chi connectivity index (χ3v) is 9.03. The molecule has 0 aliphatic carbocycles. The minimum absolute atomic E-state index is 0.0404. The van der Waals surface area contributed by atoms with Crippen molar-refractivity contribution in [2.45, 2.75) is 161 Å². The van der Waals surface area contributed by atoms with Crippen LogP contribution in [0.3, 0.4) is 0 Å². The fourth-order valence-corrected chi connectivity index (χ4v) is 5.77. The topological polar surface area (TPSA) is 99.1 Å². The van der Waals surface area contributed by atoms with Crippen molar-refractivity contribution in [3.8, 4) is 0 Å². The molecule has 0 aromatic carbocycles. The average molecular weight is 757 g/mol. The summed E-state index contributed by atoms with van der Waals surface area (Å²) in [6, 6.07) is -0.625. The van der Waals surface area contributed by atoms with Crippen molar-refractivity contribution in [2.24, 2.45) is 0 Å². The molecule has 8 nitrogen and oxygen atoms in total. The zero-order valence-corrected chi connectivity index (χ0v) is 34.9. The molecule has 2 atom stereocenters. The van der Waals surface area contributed by atoms with E-state index in [9.17, 15) is 19.5 Å². The van der Waals surface area contributed by atoms with Crippen LogP contribution in [0.2, 0.25) is 0 Å². The molecule has 0 fully saturated rings. The van der Waals surface area contributed by atoms with Crippen molar-refractivity contribution >= 4 is 17.9 Å². The van der Waals surface area contributed by atoms with Gasteiger partial charge in [-0.2, -0.15) is 0 Å². The van der Waals surface area contributed by atoms with E-state index in [4.69, 9.17) is 14.2 Å². The number of nitrogens with zero attached hydrogens (tertiary/aromatic N) is 1. The molecule has 1 N–H and O–H groups in total. The lowest BCUT2D eigenvalue weighted by Crippen LogP contribution is -2.50. The summed E-state index contributed by atoms with van der Waals surface area (Å²) in [5.74, 6) is -1.53. The van der Waals surface area contributed by atoms with E-state index >= 15 is 0 Å². The van der Waals surface area contributed by atoms with Crippen LogP contribution in [0.25, 0.3) is 0 Å². The molecule has 0 saturated carbocycles. The van der Waals surface area contributed by atoms with Crippen molar-refractivity contribution in [3.05, 3.63) is 72.9 Å². The smallest absolute Gasteiger partial charge is 0.362 e. The molecule has 0 aliphatic rings. The zero-order chi connectivity index (χ0) is 40.0. The number of esters is 2. The number of likely N-dealkylation sites (N-methyl/N-ethyl adjacent to an activating group) is 1. The second-order valence-corrected chi connectivity index (χ2v) is 15.0. The second-order valence-electron chi connectivity index (χ2n) is 15.0. The summed E-state index contributed by atoms with van der Waals surface area (Å²) in [6.07, 6.45) is 45.1. The molecule has 0 bridgehead atoms. The lowest BCUT2D eigenvalue weighted by molar-refractivity contribution is -0.887. The number of ether oxygens (including phenoxy) is 3. The first kappa shape index (κ1) is 50.8. The Bertz CT molecular complexity index is 1110. The van der Waals surface area contributed by atoms with E-state index < -0.39 is 18.1 Å². The second kappa shape index (κ2) is 36.7. The van der Waals surface area contributed by atoms with Gasteiger partial charge in [0.05, 0.1) is 34.4 Å². The number of allylic oxidation sites excluding steroid dienone is 12. The highest BCUT2D eigenvalue weighted by atomic mass is 16.6. The van der Waals surface area contributed by atoms with Crippen LogP contribution in [0.15, 0.2) is 72.9 Å². The maximum atomic E-state index is 12.7. The van der Waals surface area contributed by atoms with Gasteiger partial charge in [-0.05, 0) is 32.1 Å². The van der Waals surface area contributed by atoms with Crippen LogP contribution in [0.1, 0.15) is 149 Å². The lowest BCUT2D eigenvalue weighted by atomic mass is 10.0. The SMILES string of the molecule is CC/C=C/C=C/C=C/C=C/C=C/C=C/CCCCCC(=O)OC(COCCC(C(=O)O)[N+](C)(C)C)COC(=O)CCCCCCCCCCCCCCC. The summed E-state index contributed by atoms with van der Waals surface area (Å²) in [5.41, 5.74) is 0. The number of aliphatic carboxylic acids is 1. The minimum atomic E-state index is -0.886. The van der Waals surface area contributed by atoms with E-state index in [0.717, 1.165) is 44.9 Å². The number of quaternary nitrogens is 1. The molecule has 0 saturated heterocycles. The van der Waals surface area contributed by atoms with E-state index in [-0.39, 0.29) is 42.7 Å².